The molecule has 0 unspecified atom stereocenters. The SMILES string of the molecule is CCc1cccc(CC)c1[Si]1(c2c(CC)cccc2CC)N=C(c2ccccc2)C(c2ccccc2)=N[Si](c2c(CC)cccc2CC)(c2c(CC)cccc2CC)O1. The highest BCUT2D eigenvalue weighted by atomic mass is 28.4. The van der Waals surface area contributed by atoms with Gasteiger partial charge in [-0.25, -0.2) is 0 Å². The Labute approximate surface area is 356 Å². The van der Waals surface area contributed by atoms with Gasteiger partial charge >= 0.3 is 17.0 Å². The number of rotatable bonds is 14. The number of hydrogen-bond donors (Lipinski definition) is 0. The molecule has 5 heteroatoms. The summed E-state index contributed by atoms with van der Waals surface area (Å²) >= 11 is 0. The van der Waals surface area contributed by atoms with E-state index < -0.39 is 17.0 Å². The number of hydrogen-bond acceptors (Lipinski definition) is 3. The molecule has 1 aliphatic rings. The Bertz CT molecular complexity index is 2100. The van der Waals surface area contributed by atoms with Gasteiger partial charge in [0.2, 0.25) is 0 Å². The molecule has 0 bridgehead atoms. The molecular weight excluding hydrogens is 749 g/mol. The van der Waals surface area contributed by atoms with Crippen molar-refractivity contribution in [3.05, 3.63) is 189 Å². The molecular formula is C54H62N2OSi2. The number of aryl methyl sites for hydroxylation is 8. The van der Waals surface area contributed by atoms with Crippen molar-refractivity contribution >= 4 is 49.1 Å². The molecule has 6 aromatic rings. The van der Waals surface area contributed by atoms with E-state index >= 15 is 0 Å². The van der Waals surface area contributed by atoms with Crippen LogP contribution in [0, 0.1) is 0 Å². The Morgan fingerprint density at radius 3 is 0.729 bits per heavy atom. The molecule has 7 rings (SSSR count). The second-order valence-electron chi connectivity index (χ2n) is 15.7. The van der Waals surface area contributed by atoms with E-state index in [-0.39, 0.29) is 0 Å². The quantitative estimate of drug-likeness (QED) is 0.101. The van der Waals surface area contributed by atoms with E-state index in [1.54, 1.807) is 0 Å². The third-order valence-electron chi connectivity index (χ3n) is 12.5. The first-order chi connectivity index (χ1) is 28.9. The number of nitrogens with zero attached hydrogens (tertiary/aromatic N) is 2. The fourth-order valence-corrected chi connectivity index (χ4v) is 21.0. The minimum Gasteiger partial charge on any atom is -0.408 e. The Hall–Kier alpha value is -4.95. The fraction of sp³-hybridized carbons (Fsp3) is 0.296. The lowest BCUT2D eigenvalue weighted by Crippen LogP contribution is -2.74. The summed E-state index contributed by atoms with van der Waals surface area (Å²) in [5.41, 5.74) is 14.6. The van der Waals surface area contributed by atoms with Crippen molar-refractivity contribution in [1.82, 2.24) is 0 Å². The van der Waals surface area contributed by atoms with Gasteiger partial charge in [0.1, 0.15) is 0 Å². The molecule has 0 aliphatic carbocycles. The first-order valence-electron chi connectivity index (χ1n) is 22.3. The van der Waals surface area contributed by atoms with Gasteiger partial charge in [-0.3, -0.25) is 9.32 Å². The largest absolute Gasteiger partial charge is 0.408 e. The maximum Gasteiger partial charge on any atom is 0.380 e. The highest BCUT2D eigenvalue weighted by Gasteiger charge is 2.59. The van der Waals surface area contributed by atoms with Crippen LogP contribution in [0.2, 0.25) is 0 Å². The molecule has 0 N–H and O–H groups in total. The molecule has 59 heavy (non-hydrogen) atoms. The maximum absolute atomic E-state index is 9.08. The van der Waals surface area contributed by atoms with E-state index in [1.807, 2.05) is 0 Å². The molecule has 0 fully saturated rings. The van der Waals surface area contributed by atoms with Crippen molar-refractivity contribution in [3.8, 4) is 0 Å². The molecule has 0 spiro atoms. The Kier molecular flexibility index (Phi) is 13.3. The van der Waals surface area contributed by atoms with Gasteiger partial charge < -0.3 is 4.12 Å². The van der Waals surface area contributed by atoms with Crippen molar-refractivity contribution in [2.45, 2.75) is 107 Å². The smallest absolute Gasteiger partial charge is 0.380 e. The average molecular weight is 811 g/mol. The summed E-state index contributed by atoms with van der Waals surface area (Å²) in [6.07, 6.45) is 7.05. The Morgan fingerprint density at radius 1 is 0.305 bits per heavy atom. The summed E-state index contributed by atoms with van der Waals surface area (Å²) in [7, 11) is -7.55. The van der Waals surface area contributed by atoms with Crippen LogP contribution in [0.5, 0.6) is 0 Å². The second-order valence-corrected chi connectivity index (χ2v) is 21.5. The van der Waals surface area contributed by atoms with E-state index in [0.717, 1.165) is 73.9 Å². The van der Waals surface area contributed by atoms with Crippen LogP contribution in [0.15, 0.2) is 143 Å². The minimum atomic E-state index is -3.78. The van der Waals surface area contributed by atoms with Gasteiger partial charge in [0.25, 0.3) is 0 Å². The summed E-state index contributed by atoms with van der Waals surface area (Å²) in [6, 6.07) is 49.6. The zero-order valence-electron chi connectivity index (χ0n) is 36.7. The predicted molar refractivity (Wildman–Crippen MR) is 258 cm³/mol. The average Bonchev–Trinajstić information content (AvgIpc) is 3.47. The van der Waals surface area contributed by atoms with Crippen LogP contribution in [0.25, 0.3) is 0 Å². The van der Waals surface area contributed by atoms with Gasteiger partial charge in [0.15, 0.2) is 0 Å². The van der Waals surface area contributed by atoms with Gasteiger partial charge in [0.05, 0.1) is 11.4 Å². The van der Waals surface area contributed by atoms with E-state index in [2.05, 4.69) is 189 Å². The van der Waals surface area contributed by atoms with Crippen LogP contribution >= 0.6 is 0 Å². The fourth-order valence-electron chi connectivity index (χ4n) is 9.66. The molecule has 3 nitrogen and oxygen atoms in total. The van der Waals surface area contributed by atoms with E-state index in [0.29, 0.717) is 0 Å². The van der Waals surface area contributed by atoms with Crippen molar-refractivity contribution in [2.75, 3.05) is 0 Å². The van der Waals surface area contributed by atoms with Crippen molar-refractivity contribution in [1.29, 1.82) is 0 Å². The first-order valence-corrected chi connectivity index (χ1v) is 26.0. The summed E-state index contributed by atoms with van der Waals surface area (Å²) < 4.78 is 22.1. The van der Waals surface area contributed by atoms with Crippen molar-refractivity contribution in [2.24, 2.45) is 9.32 Å². The monoisotopic (exact) mass is 810 g/mol. The summed E-state index contributed by atoms with van der Waals surface area (Å²) in [6.45, 7) is 18.5. The molecule has 1 aliphatic heterocycles. The Morgan fingerprint density at radius 2 is 0.525 bits per heavy atom. The summed E-state index contributed by atoms with van der Waals surface area (Å²) in [5.74, 6) is 0. The molecule has 0 amide bonds. The maximum atomic E-state index is 9.08. The van der Waals surface area contributed by atoms with Gasteiger partial charge in [0, 0.05) is 11.1 Å². The minimum absolute atomic E-state index is 0.881. The lowest BCUT2D eigenvalue weighted by atomic mass is 10.0. The molecule has 0 saturated heterocycles. The number of benzene rings is 6. The highest BCUT2D eigenvalue weighted by molar-refractivity contribution is 7.11. The van der Waals surface area contributed by atoms with Crippen LogP contribution in [-0.2, 0) is 55.5 Å². The third kappa shape index (κ3) is 7.58. The van der Waals surface area contributed by atoms with E-state index in [9.17, 15) is 0 Å². The lowest BCUT2D eigenvalue weighted by Gasteiger charge is -2.42. The van der Waals surface area contributed by atoms with Crippen LogP contribution in [0.3, 0.4) is 0 Å². The van der Waals surface area contributed by atoms with E-state index in [4.69, 9.17) is 13.4 Å². The lowest BCUT2D eigenvalue weighted by molar-refractivity contribution is 0.572. The van der Waals surface area contributed by atoms with Crippen LogP contribution in [0.4, 0.5) is 0 Å². The van der Waals surface area contributed by atoms with Crippen LogP contribution < -0.4 is 20.7 Å². The zero-order chi connectivity index (χ0) is 41.6. The normalized spacial score (nSPS) is 14.7. The molecule has 0 atom stereocenters. The molecule has 6 aromatic carbocycles. The van der Waals surface area contributed by atoms with Gasteiger partial charge in [-0.1, -0.05) is 189 Å². The second kappa shape index (κ2) is 18.5. The molecule has 1 heterocycles. The van der Waals surface area contributed by atoms with Gasteiger partial charge in [-0.05, 0) is 117 Å². The third-order valence-corrected chi connectivity index (χ3v) is 21.2. The molecule has 0 saturated carbocycles. The van der Waals surface area contributed by atoms with Crippen LogP contribution in [0.1, 0.15) is 111 Å². The standard InChI is InChI=1S/C54H62N2OSi2/c1-9-39-31-23-32-40(10-2)51(39)58(52-41(11-3)33-24-34-42(52)12-4)55-49(47-27-19-17-20-28-47)50(48-29-21-18-22-30-48)56-59(57-58,53-43(13-5)35-25-36-44(53)14-6)54-45(15-7)37-26-38-46(54)16-8/h17-38H,9-16H2,1-8H3. The van der Waals surface area contributed by atoms with Crippen LogP contribution in [-0.4, -0.2) is 28.4 Å². The molecule has 302 valence electrons. The summed E-state index contributed by atoms with van der Waals surface area (Å²) in [4.78, 5) is 0. The van der Waals surface area contributed by atoms with Gasteiger partial charge in [-0.2, -0.15) is 0 Å². The van der Waals surface area contributed by atoms with Crippen molar-refractivity contribution < 1.29 is 4.12 Å². The first kappa shape index (κ1) is 42.2. The topological polar surface area (TPSA) is 34.0 Å². The predicted octanol–water partition coefficient (Wildman–Crippen LogP) is 10.0. The Balaban J connectivity index is 1.89. The van der Waals surface area contributed by atoms with E-state index in [1.165, 1.54) is 65.3 Å². The van der Waals surface area contributed by atoms with Gasteiger partial charge in [-0.15, -0.1) is 0 Å². The molecule has 0 radical (unpaired) electrons. The molecule has 0 aromatic heterocycles. The summed E-state index contributed by atoms with van der Waals surface area (Å²) in [5, 5.41) is 5.26. The zero-order valence-corrected chi connectivity index (χ0v) is 38.7. The van der Waals surface area contributed by atoms with Crippen molar-refractivity contribution in [3.63, 3.8) is 0 Å². The highest BCUT2D eigenvalue weighted by Crippen LogP contribution is 2.33.